The molecule has 0 radical (unpaired) electrons. The third-order valence-corrected chi connectivity index (χ3v) is 3.79. The van der Waals surface area contributed by atoms with Gasteiger partial charge in [-0.25, -0.2) is 0 Å². The van der Waals surface area contributed by atoms with Crippen molar-refractivity contribution in [1.29, 1.82) is 0 Å². The lowest BCUT2D eigenvalue weighted by atomic mass is 10.0. The summed E-state index contributed by atoms with van der Waals surface area (Å²) in [6.07, 6.45) is -0.181. The van der Waals surface area contributed by atoms with E-state index >= 15 is 0 Å². The molecule has 0 fully saturated rings. The smallest absolute Gasteiger partial charge is 0.264 e. The number of carbonyl (C=O) groups is 1. The predicted molar refractivity (Wildman–Crippen MR) is 85.8 cm³/mol. The van der Waals surface area contributed by atoms with E-state index in [1.807, 2.05) is 48.5 Å². The Bertz CT molecular complexity index is 701. The molecule has 0 aromatic heterocycles. The summed E-state index contributed by atoms with van der Waals surface area (Å²) < 4.78 is 0. The second kappa shape index (κ2) is 6.62. The zero-order chi connectivity index (χ0) is 15.4. The molecule has 1 atom stereocenters. The van der Waals surface area contributed by atoms with Crippen LogP contribution in [0.4, 0.5) is 0 Å². The van der Waals surface area contributed by atoms with Crippen molar-refractivity contribution in [3.05, 3.63) is 70.7 Å². The third-order valence-electron chi connectivity index (χ3n) is 3.46. The number of rotatable bonds is 4. The number of carbonyl (C=O) groups excluding carboxylic acids is 1. The Morgan fingerprint density at radius 2 is 1.91 bits per heavy atom. The molecule has 1 amide bonds. The van der Waals surface area contributed by atoms with Gasteiger partial charge in [0.1, 0.15) is 0 Å². The second-order valence-corrected chi connectivity index (χ2v) is 5.43. The molecule has 1 unspecified atom stereocenters. The fourth-order valence-electron chi connectivity index (χ4n) is 2.27. The van der Waals surface area contributed by atoms with Crippen molar-refractivity contribution in [2.75, 3.05) is 0 Å². The summed E-state index contributed by atoms with van der Waals surface area (Å²) in [5, 5.41) is 7.46. The van der Waals surface area contributed by atoms with Crippen molar-refractivity contribution in [3.8, 4) is 0 Å². The highest BCUT2D eigenvalue weighted by atomic mass is 35.5. The van der Waals surface area contributed by atoms with Crippen molar-refractivity contribution in [2.45, 2.75) is 19.1 Å². The number of halogens is 1. The minimum atomic E-state index is -0.602. The summed E-state index contributed by atoms with van der Waals surface area (Å²) >= 11 is 6.14. The summed E-state index contributed by atoms with van der Waals surface area (Å²) in [6.45, 7) is 0.473. The average Bonchev–Trinajstić information content (AvgIpc) is 3.04. The predicted octanol–water partition coefficient (Wildman–Crippen LogP) is 3.15. The van der Waals surface area contributed by atoms with Crippen LogP contribution in [0.25, 0.3) is 0 Å². The van der Waals surface area contributed by atoms with Crippen molar-refractivity contribution in [3.63, 3.8) is 0 Å². The number of nitrogens with zero attached hydrogens (tertiary/aromatic N) is 1. The summed E-state index contributed by atoms with van der Waals surface area (Å²) in [5.41, 5.74) is 2.55. The first kappa shape index (κ1) is 14.6. The second-order valence-electron chi connectivity index (χ2n) is 5.02. The number of nitrogens with one attached hydrogen (secondary N) is 1. The van der Waals surface area contributed by atoms with Crippen LogP contribution in [0.3, 0.4) is 0 Å². The molecule has 22 heavy (non-hydrogen) atoms. The van der Waals surface area contributed by atoms with E-state index in [0.717, 1.165) is 11.1 Å². The summed E-state index contributed by atoms with van der Waals surface area (Å²) in [5.74, 6) is -0.172. The number of amides is 1. The van der Waals surface area contributed by atoms with Crippen LogP contribution in [0.15, 0.2) is 59.8 Å². The SMILES string of the molecule is O=C(NCc1ccccc1)C1CC(c2ccccc2Cl)=NO1. The van der Waals surface area contributed by atoms with E-state index in [-0.39, 0.29) is 5.91 Å². The lowest BCUT2D eigenvalue weighted by Gasteiger charge is -2.09. The van der Waals surface area contributed by atoms with Crippen LogP contribution in [0.1, 0.15) is 17.5 Å². The molecular formula is C17H15ClN2O2. The van der Waals surface area contributed by atoms with Gasteiger partial charge < -0.3 is 10.2 Å². The molecule has 112 valence electrons. The highest BCUT2D eigenvalue weighted by Crippen LogP contribution is 2.22. The topological polar surface area (TPSA) is 50.7 Å². The van der Waals surface area contributed by atoms with E-state index in [0.29, 0.717) is 23.7 Å². The van der Waals surface area contributed by atoms with Gasteiger partial charge in [-0.05, 0) is 11.6 Å². The number of oxime groups is 1. The van der Waals surface area contributed by atoms with Gasteiger partial charge in [-0.15, -0.1) is 0 Å². The van der Waals surface area contributed by atoms with Gasteiger partial charge in [0.25, 0.3) is 5.91 Å². The van der Waals surface area contributed by atoms with Gasteiger partial charge >= 0.3 is 0 Å². The first-order valence-corrected chi connectivity index (χ1v) is 7.41. The molecule has 1 heterocycles. The Hall–Kier alpha value is -2.33. The van der Waals surface area contributed by atoms with Gasteiger partial charge in [0.15, 0.2) is 0 Å². The van der Waals surface area contributed by atoms with E-state index in [4.69, 9.17) is 16.4 Å². The lowest BCUT2D eigenvalue weighted by Crippen LogP contribution is -2.34. The van der Waals surface area contributed by atoms with Crippen molar-refractivity contribution < 1.29 is 9.63 Å². The van der Waals surface area contributed by atoms with Crippen LogP contribution in [0, 0.1) is 0 Å². The summed E-state index contributed by atoms with van der Waals surface area (Å²) in [6, 6.07) is 17.1. The van der Waals surface area contributed by atoms with Crippen LogP contribution in [0.5, 0.6) is 0 Å². The summed E-state index contributed by atoms with van der Waals surface area (Å²) in [4.78, 5) is 17.4. The van der Waals surface area contributed by atoms with Crippen LogP contribution in [-0.2, 0) is 16.2 Å². The molecule has 0 spiro atoms. The average molecular weight is 315 g/mol. The number of hydrogen-bond acceptors (Lipinski definition) is 3. The van der Waals surface area contributed by atoms with Gasteiger partial charge in [-0.2, -0.15) is 0 Å². The van der Waals surface area contributed by atoms with Gasteiger partial charge in [0, 0.05) is 23.6 Å². The first-order chi connectivity index (χ1) is 10.7. The molecule has 0 aliphatic carbocycles. The van der Waals surface area contributed by atoms with Gasteiger partial charge in [0.2, 0.25) is 6.10 Å². The van der Waals surface area contributed by atoms with Crippen LogP contribution >= 0.6 is 11.6 Å². The highest BCUT2D eigenvalue weighted by Gasteiger charge is 2.29. The minimum absolute atomic E-state index is 0.172. The molecule has 4 nitrogen and oxygen atoms in total. The van der Waals surface area contributed by atoms with E-state index in [1.165, 1.54) is 0 Å². The molecular weight excluding hydrogens is 300 g/mol. The van der Waals surface area contributed by atoms with E-state index < -0.39 is 6.10 Å². The first-order valence-electron chi connectivity index (χ1n) is 7.03. The maximum Gasteiger partial charge on any atom is 0.264 e. The van der Waals surface area contributed by atoms with E-state index in [2.05, 4.69) is 10.5 Å². The molecule has 1 aliphatic rings. The fourth-order valence-corrected chi connectivity index (χ4v) is 2.52. The molecule has 5 heteroatoms. The molecule has 0 bridgehead atoms. The normalized spacial score (nSPS) is 16.8. The lowest BCUT2D eigenvalue weighted by molar-refractivity contribution is -0.131. The van der Waals surface area contributed by atoms with Crippen LogP contribution in [0.2, 0.25) is 5.02 Å². The molecule has 0 saturated heterocycles. The standard InChI is InChI=1S/C17H15ClN2O2/c18-14-9-5-4-8-13(14)15-10-16(22-20-15)17(21)19-11-12-6-2-1-3-7-12/h1-9,16H,10-11H2,(H,19,21). The third kappa shape index (κ3) is 3.28. The maximum atomic E-state index is 12.1. The largest absolute Gasteiger partial charge is 0.382 e. The Balaban J connectivity index is 1.57. The van der Waals surface area contributed by atoms with Crippen LogP contribution < -0.4 is 5.32 Å². The zero-order valence-electron chi connectivity index (χ0n) is 11.8. The summed E-state index contributed by atoms with van der Waals surface area (Å²) in [7, 11) is 0. The molecule has 2 aromatic rings. The van der Waals surface area contributed by atoms with Crippen molar-refractivity contribution in [2.24, 2.45) is 5.16 Å². The van der Waals surface area contributed by atoms with E-state index in [1.54, 1.807) is 6.07 Å². The van der Waals surface area contributed by atoms with Crippen molar-refractivity contribution >= 4 is 23.2 Å². The highest BCUT2D eigenvalue weighted by molar-refractivity contribution is 6.34. The number of hydrogen-bond donors (Lipinski definition) is 1. The fraction of sp³-hybridized carbons (Fsp3) is 0.176. The Morgan fingerprint density at radius 1 is 1.18 bits per heavy atom. The zero-order valence-corrected chi connectivity index (χ0v) is 12.6. The maximum absolute atomic E-state index is 12.1. The minimum Gasteiger partial charge on any atom is -0.382 e. The molecule has 0 saturated carbocycles. The van der Waals surface area contributed by atoms with Crippen LogP contribution in [-0.4, -0.2) is 17.7 Å². The Morgan fingerprint density at radius 3 is 2.68 bits per heavy atom. The Labute approximate surface area is 133 Å². The number of benzene rings is 2. The van der Waals surface area contributed by atoms with Crippen molar-refractivity contribution in [1.82, 2.24) is 5.32 Å². The molecule has 3 rings (SSSR count). The van der Waals surface area contributed by atoms with E-state index in [9.17, 15) is 4.79 Å². The molecule has 2 aromatic carbocycles. The molecule has 1 aliphatic heterocycles. The van der Waals surface area contributed by atoms with Gasteiger partial charge in [-0.1, -0.05) is 65.3 Å². The monoisotopic (exact) mass is 314 g/mol. The van der Waals surface area contributed by atoms with Gasteiger partial charge in [0.05, 0.1) is 5.71 Å². The molecule has 1 N–H and O–H groups in total. The van der Waals surface area contributed by atoms with Gasteiger partial charge in [-0.3, -0.25) is 4.79 Å². The Kier molecular flexibility index (Phi) is 4.39. The quantitative estimate of drug-likeness (QED) is 0.942.